The summed E-state index contributed by atoms with van der Waals surface area (Å²) in [7, 11) is 0. The third-order valence-electron chi connectivity index (χ3n) is 3.80. The normalized spacial score (nSPS) is 18.3. The summed E-state index contributed by atoms with van der Waals surface area (Å²) in [6.07, 6.45) is 1.18. The Bertz CT molecular complexity index is 598. The van der Waals surface area contributed by atoms with Gasteiger partial charge in [0.15, 0.2) is 0 Å². The minimum absolute atomic E-state index is 0.604. The van der Waals surface area contributed by atoms with E-state index < -0.39 is 0 Å². The molecule has 1 unspecified atom stereocenters. The highest BCUT2D eigenvalue weighted by atomic mass is 15.1. The average Bonchev–Trinajstić information content (AvgIpc) is 2.98. The van der Waals surface area contributed by atoms with Gasteiger partial charge in [-0.15, -0.1) is 0 Å². The standard InChI is InChI=1S/C17H16N2/c18-12-14-5-4-8-17(11-14)19-10-9-16(13-19)15-6-2-1-3-7-15/h1-8,11,16H,9-10,13H2. The van der Waals surface area contributed by atoms with E-state index >= 15 is 0 Å². The third-order valence-corrected chi connectivity index (χ3v) is 3.80. The van der Waals surface area contributed by atoms with Crippen molar-refractivity contribution in [3.8, 4) is 6.07 Å². The first-order valence-electron chi connectivity index (χ1n) is 6.67. The molecule has 0 bridgehead atoms. The summed E-state index contributed by atoms with van der Waals surface area (Å²) in [6.45, 7) is 2.10. The van der Waals surface area contributed by atoms with Crippen molar-refractivity contribution >= 4 is 5.69 Å². The molecule has 1 aliphatic heterocycles. The molecule has 2 aromatic rings. The van der Waals surface area contributed by atoms with Gasteiger partial charge in [0.05, 0.1) is 11.6 Å². The van der Waals surface area contributed by atoms with Gasteiger partial charge in [-0.05, 0) is 30.2 Å². The van der Waals surface area contributed by atoms with Gasteiger partial charge in [0.1, 0.15) is 0 Å². The first-order valence-corrected chi connectivity index (χ1v) is 6.67. The highest BCUT2D eigenvalue weighted by Crippen LogP contribution is 2.30. The van der Waals surface area contributed by atoms with Crippen LogP contribution >= 0.6 is 0 Å². The number of nitriles is 1. The molecule has 1 saturated heterocycles. The van der Waals surface area contributed by atoms with Crippen LogP contribution in [0.4, 0.5) is 5.69 Å². The van der Waals surface area contributed by atoms with Crippen LogP contribution in [0.15, 0.2) is 54.6 Å². The molecular formula is C17H16N2. The van der Waals surface area contributed by atoms with Gasteiger partial charge in [-0.25, -0.2) is 0 Å². The van der Waals surface area contributed by atoms with Crippen LogP contribution in [-0.4, -0.2) is 13.1 Å². The second-order valence-electron chi connectivity index (χ2n) is 5.00. The lowest BCUT2D eigenvalue weighted by Gasteiger charge is -2.19. The number of rotatable bonds is 2. The molecule has 1 aliphatic rings. The molecule has 0 amide bonds. The van der Waals surface area contributed by atoms with Crippen molar-refractivity contribution in [2.75, 3.05) is 18.0 Å². The summed E-state index contributed by atoms with van der Waals surface area (Å²) < 4.78 is 0. The molecule has 2 nitrogen and oxygen atoms in total. The predicted molar refractivity (Wildman–Crippen MR) is 77.2 cm³/mol. The first kappa shape index (κ1) is 11.8. The van der Waals surface area contributed by atoms with Gasteiger partial charge in [-0.2, -0.15) is 5.26 Å². The van der Waals surface area contributed by atoms with Crippen LogP contribution in [0.3, 0.4) is 0 Å². The molecule has 0 radical (unpaired) electrons. The van der Waals surface area contributed by atoms with E-state index in [9.17, 15) is 0 Å². The number of nitrogens with zero attached hydrogens (tertiary/aromatic N) is 2. The summed E-state index contributed by atoms with van der Waals surface area (Å²) >= 11 is 0. The monoisotopic (exact) mass is 248 g/mol. The molecule has 1 heterocycles. The van der Waals surface area contributed by atoms with Crippen molar-refractivity contribution in [2.24, 2.45) is 0 Å². The van der Waals surface area contributed by atoms with E-state index in [2.05, 4.69) is 47.4 Å². The van der Waals surface area contributed by atoms with Crippen LogP contribution in [0, 0.1) is 11.3 Å². The lowest BCUT2D eigenvalue weighted by Crippen LogP contribution is -2.19. The van der Waals surface area contributed by atoms with Crippen LogP contribution < -0.4 is 4.90 Å². The van der Waals surface area contributed by atoms with Gasteiger partial charge >= 0.3 is 0 Å². The maximum absolute atomic E-state index is 8.97. The van der Waals surface area contributed by atoms with Crippen LogP contribution in [0.1, 0.15) is 23.5 Å². The SMILES string of the molecule is N#Cc1cccc(N2CCC(c3ccccc3)C2)c1. The maximum atomic E-state index is 8.97. The van der Waals surface area contributed by atoms with Crippen LogP contribution in [0.2, 0.25) is 0 Å². The fraction of sp³-hybridized carbons (Fsp3) is 0.235. The van der Waals surface area contributed by atoms with Gasteiger partial charge in [0.25, 0.3) is 0 Å². The quantitative estimate of drug-likeness (QED) is 0.812. The van der Waals surface area contributed by atoms with E-state index in [-0.39, 0.29) is 0 Å². The molecule has 0 aliphatic carbocycles. The molecule has 94 valence electrons. The van der Waals surface area contributed by atoms with E-state index in [1.807, 2.05) is 18.2 Å². The average molecular weight is 248 g/mol. The molecule has 0 spiro atoms. The molecule has 0 aromatic heterocycles. The highest BCUT2D eigenvalue weighted by molar-refractivity contribution is 5.52. The summed E-state index contributed by atoms with van der Waals surface area (Å²) in [4.78, 5) is 2.37. The molecular weight excluding hydrogens is 232 g/mol. The van der Waals surface area contributed by atoms with E-state index in [4.69, 9.17) is 5.26 Å². The molecule has 0 N–H and O–H groups in total. The molecule has 1 atom stereocenters. The van der Waals surface area contributed by atoms with Gasteiger partial charge in [0.2, 0.25) is 0 Å². The van der Waals surface area contributed by atoms with Gasteiger partial charge in [-0.1, -0.05) is 36.4 Å². The number of anilines is 1. The van der Waals surface area contributed by atoms with Crippen LogP contribution in [0.5, 0.6) is 0 Å². The smallest absolute Gasteiger partial charge is 0.0992 e. The van der Waals surface area contributed by atoms with E-state index in [0.29, 0.717) is 5.92 Å². The number of hydrogen-bond acceptors (Lipinski definition) is 2. The molecule has 0 saturated carbocycles. The Kier molecular flexibility index (Phi) is 3.20. The van der Waals surface area contributed by atoms with Crippen molar-refractivity contribution in [1.29, 1.82) is 5.26 Å². The zero-order chi connectivity index (χ0) is 13.1. The maximum Gasteiger partial charge on any atom is 0.0992 e. The molecule has 1 fully saturated rings. The minimum Gasteiger partial charge on any atom is -0.371 e. The number of hydrogen-bond donors (Lipinski definition) is 0. The Labute approximate surface area is 113 Å². The van der Waals surface area contributed by atoms with Gasteiger partial charge in [0, 0.05) is 24.7 Å². The van der Waals surface area contributed by atoms with E-state index in [1.165, 1.54) is 12.0 Å². The molecule has 19 heavy (non-hydrogen) atoms. The Morgan fingerprint density at radius 3 is 2.68 bits per heavy atom. The topological polar surface area (TPSA) is 27.0 Å². The Balaban J connectivity index is 1.77. The van der Waals surface area contributed by atoms with Crippen molar-refractivity contribution in [3.63, 3.8) is 0 Å². The zero-order valence-corrected chi connectivity index (χ0v) is 10.8. The molecule has 3 rings (SSSR count). The van der Waals surface area contributed by atoms with E-state index in [1.54, 1.807) is 0 Å². The largest absolute Gasteiger partial charge is 0.371 e. The van der Waals surface area contributed by atoms with E-state index in [0.717, 1.165) is 24.3 Å². The summed E-state index contributed by atoms with van der Waals surface area (Å²) in [5.74, 6) is 0.604. The van der Waals surface area contributed by atoms with Gasteiger partial charge < -0.3 is 4.90 Å². The Morgan fingerprint density at radius 2 is 1.89 bits per heavy atom. The molecule has 2 aromatic carbocycles. The second-order valence-corrected chi connectivity index (χ2v) is 5.00. The lowest BCUT2D eigenvalue weighted by molar-refractivity contribution is 0.775. The van der Waals surface area contributed by atoms with Crippen molar-refractivity contribution < 1.29 is 0 Å². The highest BCUT2D eigenvalue weighted by Gasteiger charge is 2.23. The third kappa shape index (κ3) is 2.46. The first-order chi connectivity index (χ1) is 9.36. The summed E-state index contributed by atoms with van der Waals surface area (Å²) in [6, 6.07) is 20.8. The predicted octanol–water partition coefficient (Wildman–Crippen LogP) is 3.55. The van der Waals surface area contributed by atoms with Crippen molar-refractivity contribution in [2.45, 2.75) is 12.3 Å². The van der Waals surface area contributed by atoms with Crippen LogP contribution in [0.25, 0.3) is 0 Å². The minimum atomic E-state index is 0.604. The lowest BCUT2D eigenvalue weighted by atomic mass is 9.99. The zero-order valence-electron chi connectivity index (χ0n) is 10.8. The fourth-order valence-corrected chi connectivity index (χ4v) is 2.76. The molecule has 2 heteroatoms. The van der Waals surface area contributed by atoms with Crippen molar-refractivity contribution in [3.05, 3.63) is 65.7 Å². The fourth-order valence-electron chi connectivity index (χ4n) is 2.76. The number of benzene rings is 2. The van der Waals surface area contributed by atoms with Gasteiger partial charge in [-0.3, -0.25) is 0 Å². The van der Waals surface area contributed by atoms with Crippen LogP contribution in [-0.2, 0) is 0 Å². The summed E-state index contributed by atoms with van der Waals surface area (Å²) in [5, 5.41) is 8.97. The second kappa shape index (κ2) is 5.16. The van der Waals surface area contributed by atoms with Crippen molar-refractivity contribution in [1.82, 2.24) is 0 Å². The Hall–Kier alpha value is -2.27. The summed E-state index contributed by atoms with van der Waals surface area (Å²) in [5.41, 5.74) is 3.32. The Morgan fingerprint density at radius 1 is 1.05 bits per heavy atom.